The molecular weight excluding hydrogens is 198 g/mol. The average molecular weight is 209 g/mol. The number of rotatable bonds is 2. The Morgan fingerprint density at radius 3 is 2.79 bits per heavy atom. The summed E-state index contributed by atoms with van der Waals surface area (Å²) in [5.74, 6) is 0. The lowest BCUT2D eigenvalue weighted by atomic mass is 10.2. The number of aliphatic hydroxyl groups excluding tert-OH is 1. The van der Waals surface area contributed by atoms with Crippen LogP contribution < -0.4 is 0 Å². The van der Waals surface area contributed by atoms with E-state index in [9.17, 15) is 9.32 Å². The Hall–Kier alpha value is -1.13. The number of hydrogen-bond acceptors (Lipinski definition) is 2. The molecule has 1 aromatic heterocycles. The summed E-state index contributed by atoms with van der Waals surface area (Å²) < 4.78 is 11.4. The molecule has 1 aromatic carbocycles. The first-order chi connectivity index (χ1) is 6.74. The number of aromatic amines is 1. The van der Waals surface area contributed by atoms with Gasteiger partial charge in [0.2, 0.25) is 0 Å². The smallest absolute Gasteiger partial charge is 0.110 e. The van der Waals surface area contributed by atoms with E-state index in [1.54, 1.807) is 6.26 Å². The number of fused-ring (bicyclic) bond motifs is 1. The summed E-state index contributed by atoms with van der Waals surface area (Å²) >= 11 is 0. The van der Waals surface area contributed by atoms with Crippen molar-refractivity contribution in [3.63, 3.8) is 0 Å². The van der Waals surface area contributed by atoms with Crippen molar-refractivity contribution in [3.05, 3.63) is 29.8 Å². The Morgan fingerprint density at radius 1 is 1.43 bits per heavy atom. The van der Waals surface area contributed by atoms with Gasteiger partial charge in [-0.05, 0) is 6.07 Å². The minimum absolute atomic E-state index is 0.0844. The van der Waals surface area contributed by atoms with Crippen molar-refractivity contribution in [2.45, 2.75) is 11.6 Å². The summed E-state index contributed by atoms with van der Waals surface area (Å²) in [4.78, 5) is 3.05. The fraction of sp³-hybridized carbons (Fsp3) is 0.200. The number of H-pyrrole nitrogens is 1. The first-order valence-corrected chi connectivity index (χ1v) is 5.83. The second kappa shape index (κ2) is 3.55. The van der Waals surface area contributed by atoms with Crippen LogP contribution in [0.3, 0.4) is 0 Å². The summed E-state index contributed by atoms with van der Waals surface area (Å²) in [6.45, 7) is -0.0844. The van der Waals surface area contributed by atoms with Gasteiger partial charge in [-0.25, -0.2) is 0 Å². The fourth-order valence-corrected chi connectivity index (χ4v) is 2.35. The highest BCUT2D eigenvalue weighted by Crippen LogP contribution is 2.23. The maximum absolute atomic E-state index is 11.4. The van der Waals surface area contributed by atoms with E-state index >= 15 is 0 Å². The van der Waals surface area contributed by atoms with E-state index in [2.05, 4.69) is 4.98 Å². The van der Waals surface area contributed by atoms with Gasteiger partial charge in [0.05, 0.1) is 17.4 Å². The van der Waals surface area contributed by atoms with Gasteiger partial charge in [0.1, 0.15) is 5.03 Å². The normalized spacial score (nSPS) is 13.3. The van der Waals surface area contributed by atoms with E-state index in [0.29, 0.717) is 5.03 Å². The largest absolute Gasteiger partial charge is 0.392 e. The van der Waals surface area contributed by atoms with E-state index in [4.69, 9.17) is 0 Å². The molecule has 3 nitrogen and oxygen atoms in total. The van der Waals surface area contributed by atoms with Crippen LogP contribution in [0.25, 0.3) is 10.9 Å². The maximum atomic E-state index is 11.4. The molecule has 0 radical (unpaired) electrons. The van der Waals surface area contributed by atoms with Gasteiger partial charge in [0.15, 0.2) is 0 Å². The molecule has 0 aliphatic rings. The van der Waals surface area contributed by atoms with Gasteiger partial charge in [-0.15, -0.1) is 0 Å². The average Bonchev–Trinajstić information content (AvgIpc) is 2.56. The molecule has 1 heterocycles. The number of nitrogens with one attached hydrogen (secondary N) is 1. The zero-order chi connectivity index (χ0) is 10.1. The van der Waals surface area contributed by atoms with Crippen LogP contribution in [-0.2, 0) is 17.4 Å². The third-order valence-corrected chi connectivity index (χ3v) is 3.14. The highest BCUT2D eigenvalue weighted by atomic mass is 32.2. The second-order valence-corrected chi connectivity index (χ2v) is 4.41. The molecule has 4 heteroatoms. The van der Waals surface area contributed by atoms with Gasteiger partial charge in [-0.3, -0.25) is 4.21 Å². The molecule has 1 unspecified atom stereocenters. The van der Waals surface area contributed by atoms with Crippen LogP contribution in [0, 0.1) is 0 Å². The van der Waals surface area contributed by atoms with Crippen LogP contribution in [0.15, 0.2) is 29.3 Å². The Morgan fingerprint density at radius 2 is 2.14 bits per heavy atom. The molecule has 0 amide bonds. The Bertz CT molecular complexity index is 490. The molecule has 1 atom stereocenters. The Labute approximate surface area is 84.2 Å². The van der Waals surface area contributed by atoms with Crippen LogP contribution in [0.2, 0.25) is 0 Å². The Kier molecular flexibility index (Phi) is 2.39. The molecule has 0 fully saturated rings. The van der Waals surface area contributed by atoms with E-state index in [1.807, 2.05) is 24.3 Å². The van der Waals surface area contributed by atoms with Crippen LogP contribution in [0.5, 0.6) is 0 Å². The lowest BCUT2D eigenvalue weighted by molar-refractivity contribution is 0.280. The fourth-order valence-electron chi connectivity index (χ4n) is 1.58. The highest BCUT2D eigenvalue weighted by Gasteiger charge is 2.12. The van der Waals surface area contributed by atoms with Gasteiger partial charge in [-0.1, -0.05) is 18.2 Å². The monoisotopic (exact) mass is 209 g/mol. The molecule has 2 rings (SSSR count). The van der Waals surface area contributed by atoms with Gasteiger partial charge in [0.25, 0.3) is 0 Å². The van der Waals surface area contributed by atoms with E-state index in [1.165, 1.54) is 0 Å². The quantitative estimate of drug-likeness (QED) is 0.785. The zero-order valence-corrected chi connectivity index (χ0v) is 8.60. The molecule has 0 bridgehead atoms. The summed E-state index contributed by atoms with van der Waals surface area (Å²) in [5, 5.41) is 10.8. The number of aliphatic hydroxyl groups is 1. The molecule has 0 saturated heterocycles. The molecule has 0 aliphatic heterocycles. The first kappa shape index (κ1) is 9.43. The number of aromatic nitrogens is 1. The first-order valence-electron chi connectivity index (χ1n) is 4.28. The lowest BCUT2D eigenvalue weighted by Crippen LogP contribution is -1.93. The van der Waals surface area contributed by atoms with Crippen molar-refractivity contribution in [1.82, 2.24) is 4.98 Å². The van der Waals surface area contributed by atoms with Crippen LogP contribution in [0.1, 0.15) is 5.56 Å². The van der Waals surface area contributed by atoms with Crippen LogP contribution >= 0.6 is 0 Å². The third kappa shape index (κ3) is 1.36. The number of para-hydroxylation sites is 1. The Balaban J connectivity index is 2.78. The zero-order valence-electron chi connectivity index (χ0n) is 7.78. The third-order valence-electron chi connectivity index (χ3n) is 2.22. The van der Waals surface area contributed by atoms with Crippen LogP contribution in [-0.4, -0.2) is 20.6 Å². The van der Waals surface area contributed by atoms with E-state index in [0.717, 1.165) is 16.5 Å². The van der Waals surface area contributed by atoms with Crippen LogP contribution in [0.4, 0.5) is 0 Å². The van der Waals surface area contributed by atoms with Crippen molar-refractivity contribution >= 4 is 21.7 Å². The molecular formula is C10H11NO2S. The van der Waals surface area contributed by atoms with Gasteiger partial charge in [0, 0.05) is 22.7 Å². The summed E-state index contributed by atoms with van der Waals surface area (Å²) in [6.07, 6.45) is 1.60. The van der Waals surface area contributed by atoms with Crippen molar-refractivity contribution < 1.29 is 9.32 Å². The molecule has 0 saturated carbocycles. The van der Waals surface area contributed by atoms with E-state index in [-0.39, 0.29) is 6.61 Å². The highest BCUT2D eigenvalue weighted by molar-refractivity contribution is 7.84. The van der Waals surface area contributed by atoms with Crippen molar-refractivity contribution in [2.75, 3.05) is 6.26 Å². The summed E-state index contributed by atoms with van der Waals surface area (Å²) in [6, 6.07) is 7.62. The molecule has 14 heavy (non-hydrogen) atoms. The minimum Gasteiger partial charge on any atom is -0.392 e. The van der Waals surface area contributed by atoms with Crippen molar-refractivity contribution in [2.24, 2.45) is 0 Å². The van der Waals surface area contributed by atoms with Gasteiger partial charge in [-0.2, -0.15) is 0 Å². The predicted octanol–water partition coefficient (Wildman–Crippen LogP) is 1.40. The predicted molar refractivity (Wildman–Crippen MR) is 56.6 cm³/mol. The van der Waals surface area contributed by atoms with Gasteiger partial charge >= 0.3 is 0 Å². The summed E-state index contributed by atoms with van der Waals surface area (Å²) in [7, 11) is -1.09. The van der Waals surface area contributed by atoms with Gasteiger partial charge < -0.3 is 10.1 Å². The lowest BCUT2D eigenvalue weighted by Gasteiger charge is -1.95. The molecule has 74 valence electrons. The van der Waals surface area contributed by atoms with E-state index < -0.39 is 10.8 Å². The molecule has 0 aliphatic carbocycles. The minimum atomic E-state index is -1.09. The molecule has 0 spiro atoms. The SMILES string of the molecule is CS(=O)c1[nH]c2ccccc2c1CO. The van der Waals surface area contributed by atoms with Crippen molar-refractivity contribution in [3.8, 4) is 0 Å². The molecule has 2 N–H and O–H groups in total. The second-order valence-electron chi connectivity index (χ2n) is 3.09. The molecule has 2 aromatic rings. The standard InChI is InChI=1S/C10H11NO2S/c1-14(13)10-8(6-12)7-4-2-3-5-9(7)11-10/h2-5,11-12H,6H2,1H3. The number of benzene rings is 1. The summed E-state index contributed by atoms with van der Waals surface area (Å²) in [5.41, 5.74) is 1.66. The topological polar surface area (TPSA) is 53.1 Å². The number of hydrogen-bond donors (Lipinski definition) is 2. The maximum Gasteiger partial charge on any atom is 0.110 e. The van der Waals surface area contributed by atoms with Crippen molar-refractivity contribution in [1.29, 1.82) is 0 Å².